The van der Waals surface area contributed by atoms with Crippen LogP contribution in [0.25, 0.3) is 0 Å². The number of benzene rings is 1. The zero-order chi connectivity index (χ0) is 28.3. The number of nitrogens with zero attached hydrogens (tertiary/aromatic N) is 2. The van der Waals surface area contributed by atoms with Crippen molar-refractivity contribution in [3.8, 4) is 5.75 Å². The van der Waals surface area contributed by atoms with Crippen LogP contribution in [0.1, 0.15) is 36.1 Å². The maximum Gasteiger partial charge on any atom is 0.450 e. The summed E-state index contributed by atoms with van der Waals surface area (Å²) in [6.07, 6.45) is -0.857. The van der Waals surface area contributed by atoms with Crippen LogP contribution in [-0.4, -0.2) is 54.4 Å². The maximum absolute atomic E-state index is 13.7. The Labute approximate surface area is 227 Å². The van der Waals surface area contributed by atoms with Crippen LogP contribution in [0.5, 0.6) is 5.75 Å². The van der Waals surface area contributed by atoms with E-state index in [2.05, 4.69) is 4.42 Å². The van der Waals surface area contributed by atoms with Crippen LogP contribution in [0.3, 0.4) is 0 Å². The van der Waals surface area contributed by atoms with Crippen LogP contribution in [0, 0.1) is 17.7 Å². The van der Waals surface area contributed by atoms with Crippen molar-refractivity contribution in [1.29, 1.82) is 0 Å². The second-order valence-corrected chi connectivity index (χ2v) is 10.5. The molecule has 0 saturated carbocycles. The van der Waals surface area contributed by atoms with Crippen LogP contribution in [0.4, 0.5) is 26.7 Å². The van der Waals surface area contributed by atoms with Gasteiger partial charge in [-0.15, -0.1) is 0 Å². The minimum absolute atomic E-state index is 0.0858. The molecule has 1 amide bonds. The molecule has 3 aromatic rings. The molecule has 6 rings (SSSR count). The number of rotatable bonds is 10. The van der Waals surface area contributed by atoms with Crippen LogP contribution in [-0.2, 0) is 24.0 Å². The summed E-state index contributed by atoms with van der Waals surface area (Å²) in [5.74, 6) is -1.06. The zero-order valence-electron chi connectivity index (χ0n) is 21.7. The molecule has 0 spiro atoms. The number of quaternary nitrogens is 1. The Balaban J connectivity index is 1.23. The van der Waals surface area contributed by atoms with E-state index in [-0.39, 0.29) is 18.3 Å². The fourth-order valence-corrected chi connectivity index (χ4v) is 5.74. The fourth-order valence-electron chi connectivity index (χ4n) is 5.74. The predicted octanol–water partition coefficient (Wildman–Crippen LogP) is 6.39. The molecule has 1 aromatic carbocycles. The summed E-state index contributed by atoms with van der Waals surface area (Å²) in [6, 6.07) is 6.68. The molecule has 2 bridgehead atoms. The highest BCUT2D eigenvalue weighted by atomic mass is 19.4. The first kappa shape index (κ1) is 28.0. The van der Waals surface area contributed by atoms with Crippen LogP contribution >= 0.6 is 0 Å². The van der Waals surface area contributed by atoms with E-state index in [1.807, 2.05) is 0 Å². The number of alkyl halides is 3. The monoisotopic (exact) mass is 569 g/mol. The van der Waals surface area contributed by atoms with E-state index in [9.17, 15) is 26.7 Å². The molecule has 12 heteroatoms. The third-order valence-corrected chi connectivity index (χ3v) is 7.76. The summed E-state index contributed by atoms with van der Waals surface area (Å²) >= 11 is 0. The summed E-state index contributed by atoms with van der Waals surface area (Å²) in [4.78, 5) is 14.4. The lowest BCUT2D eigenvalue weighted by Crippen LogP contribution is -2.65. The highest BCUT2D eigenvalue weighted by molar-refractivity contribution is 5.68. The highest BCUT2D eigenvalue weighted by Gasteiger charge is 2.48. The van der Waals surface area contributed by atoms with Gasteiger partial charge in [0, 0.05) is 42.4 Å². The standard InChI is InChI=1S/C28H30F5N2O5/c29-22-2-4-23(5-3-22)38-12-1-9-35-10-6-20(7-11-35)24(17-35)39-27(36)34(15-19-8-13-37-18-19)16-21-14-25(30)40-26(21)28(31,32)33/h2-5,8,13-14,18,20,24H,1,6-7,9-12,15-17H2/q+1/t20?,24-,35?/m0/s1. The van der Waals surface area contributed by atoms with Crippen molar-refractivity contribution in [3.05, 3.63) is 77.6 Å². The van der Waals surface area contributed by atoms with Crippen molar-refractivity contribution in [2.24, 2.45) is 5.92 Å². The topological polar surface area (TPSA) is 65.1 Å². The van der Waals surface area contributed by atoms with Gasteiger partial charge in [0.2, 0.25) is 5.76 Å². The molecule has 0 unspecified atom stereocenters. The number of halogens is 5. The van der Waals surface area contributed by atoms with Crippen LogP contribution in [0.2, 0.25) is 0 Å². The molecule has 0 aliphatic carbocycles. The summed E-state index contributed by atoms with van der Waals surface area (Å²) in [5.41, 5.74) is 0.0528. The number of carbonyl (C=O) groups is 1. The van der Waals surface area contributed by atoms with Gasteiger partial charge in [-0.25, -0.2) is 9.18 Å². The molecule has 0 N–H and O–H groups in total. The molecule has 0 radical (unpaired) electrons. The average molecular weight is 570 g/mol. The quantitative estimate of drug-likeness (QED) is 0.161. The predicted molar refractivity (Wildman–Crippen MR) is 131 cm³/mol. The SMILES string of the molecule is O=C(O[C@H]1C[N+]2(CCCOc3ccc(F)cc3)CCC1CC2)N(Cc1ccoc1)Cc1cc(F)oc1C(F)(F)F. The molecule has 2 aromatic heterocycles. The van der Waals surface area contributed by atoms with Gasteiger partial charge in [-0.05, 0) is 30.3 Å². The van der Waals surface area contributed by atoms with E-state index >= 15 is 0 Å². The molecule has 1 atom stereocenters. The van der Waals surface area contributed by atoms with Crippen molar-refractivity contribution in [3.63, 3.8) is 0 Å². The van der Waals surface area contributed by atoms with E-state index in [1.54, 1.807) is 18.2 Å². The number of hydrogen-bond acceptors (Lipinski definition) is 5. The Bertz CT molecular complexity index is 1270. The third-order valence-electron chi connectivity index (χ3n) is 7.76. The number of amides is 1. The lowest BCUT2D eigenvalue weighted by molar-refractivity contribution is -0.946. The van der Waals surface area contributed by atoms with Gasteiger partial charge in [-0.1, -0.05) is 0 Å². The van der Waals surface area contributed by atoms with E-state index < -0.39 is 42.3 Å². The van der Waals surface area contributed by atoms with Crippen molar-refractivity contribution in [2.45, 2.75) is 44.6 Å². The average Bonchev–Trinajstić information content (AvgIpc) is 3.57. The summed E-state index contributed by atoms with van der Waals surface area (Å²) in [6.45, 7) is 3.11. The van der Waals surface area contributed by atoms with E-state index in [0.717, 1.165) is 48.3 Å². The number of ether oxygens (including phenoxy) is 2. The second-order valence-electron chi connectivity index (χ2n) is 10.5. The first-order valence-electron chi connectivity index (χ1n) is 13.2. The Kier molecular flexibility index (Phi) is 8.07. The number of piperidine rings is 3. The number of furan rings is 2. The summed E-state index contributed by atoms with van der Waals surface area (Å²) in [5, 5.41) is 0. The van der Waals surface area contributed by atoms with Gasteiger partial charge in [0.25, 0.3) is 6.01 Å². The molecule has 40 heavy (non-hydrogen) atoms. The van der Waals surface area contributed by atoms with E-state index in [4.69, 9.17) is 13.9 Å². The minimum Gasteiger partial charge on any atom is -0.493 e. The van der Waals surface area contributed by atoms with Crippen molar-refractivity contribution >= 4 is 6.09 Å². The van der Waals surface area contributed by atoms with Gasteiger partial charge in [0.05, 0.1) is 51.9 Å². The molecule has 7 nitrogen and oxygen atoms in total. The Morgan fingerprint density at radius 1 is 1.07 bits per heavy atom. The van der Waals surface area contributed by atoms with Gasteiger partial charge in [-0.2, -0.15) is 17.6 Å². The smallest absolute Gasteiger partial charge is 0.450 e. The van der Waals surface area contributed by atoms with Gasteiger partial charge >= 0.3 is 12.3 Å². The van der Waals surface area contributed by atoms with E-state index in [1.165, 1.54) is 24.7 Å². The van der Waals surface area contributed by atoms with Crippen LogP contribution in [0.15, 0.2) is 57.8 Å². The Hall–Kier alpha value is -3.54. The van der Waals surface area contributed by atoms with E-state index in [0.29, 0.717) is 30.5 Å². The zero-order valence-corrected chi connectivity index (χ0v) is 21.7. The first-order valence-corrected chi connectivity index (χ1v) is 13.2. The van der Waals surface area contributed by atoms with Crippen LogP contribution < -0.4 is 4.74 Å². The summed E-state index contributed by atoms with van der Waals surface area (Å²) < 4.78 is 88.7. The molecular formula is C28H30F5N2O5+. The van der Waals surface area contributed by atoms with Crippen molar-refractivity contribution < 1.29 is 49.5 Å². The molecule has 3 aliphatic rings. The lowest BCUT2D eigenvalue weighted by atomic mass is 9.83. The minimum atomic E-state index is -4.92. The fraction of sp³-hybridized carbons (Fsp3) is 0.464. The van der Waals surface area contributed by atoms with Crippen molar-refractivity contribution in [1.82, 2.24) is 4.90 Å². The molecule has 3 fully saturated rings. The maximum atomic E-state index is 13.7. The molecule has 3 aliphatic heterocycles. The Morgan fingerprint density at radius 2 is 1.82 bits per heavy atom. The van der Waals surface area contributed by atoms with Gasteiger partial charge in [0.15, 0.2) is 6.10 Å². The Morgan fingerprint density at radius 3 is 2.50 bits per heavy atom. The number of hydrogen-bond donors (Lipinski definition) is 0. The number of fused-ring (bicyclic) bond motifs is 3. The lowest BCUT2D eigenvalue weighted by Gasteiger charge is -2.52. The summed E-state index contributed by atoms with van der Waals surface area (Å²) in [7, 11) is 0. The second kappa shape index (κ2) is 11.5. The van der Waals surface area contributed by atoms with Crippen molar-refractivity contribution in [2.75, 3.05) is 32.8 Å². The number of carbonyl (C=O) groups excluding carboxylic acids is 1. The first-order chi connectivity index (χ1) is 19.1. The third kappa shape index (κ3) is 6.60. The van der Waals surface area contributed by atoms with Gasteiger partial charge in [-0.3, -0.25) is 4.90 Å². The molecule has 216 valence electrons. The van der Waals surface area contributed by atoms with Gasteiger partial charge < -0.3 is 22.8 Å². The highest BCUT2D eigenvalue weighted by Crippen LogP contribution is 2.37. The largest absolute Gasteiger partial charge is 0.493 e. The molecular weight excluding hydrogens is 539 g/mol. The van der Waals surface area contributed by atoms with Gasteiger partial charge in [0.1, 0.15) is 18.1 Å². The molecule has 3 saturated heterocycles. The normalized spacial score (nSPS) is 22.3. The molecule has 5 heterocycles.